The minimum atomic E-state index is 0.486. The van der Waals surface area contributed by atoms with Gasteiger partial charge in [0.2, 0.25) is 0 Å². The van der Waals surface area contributed by atoms with Crippen LogP contribution in [0, 0.1) is 24.5 Å². The molecule has 0 aliphatic heterocycles. The van der Waals surface area contributed by atoms with Crippen LogP contribution < -0.4 is 0 Å². The number of aryl methyl sites for hydroxylation is 2. The molecular formula is C11H17N3S. The Bertz CT molecular complexity index is 376. The number of hydrogen-bond acceptors (Lipinski definition) is 3. The van der Waals surface area contributed by atoms with Gasteiger partial charge in [-0.05, 0) is 43.5 Å². The summed E-state index contributed by atoms with van der Waals surface area (Å²) in [6.45, 7) is 6.36. The fraction of sp³-hybridized carbons (Fsp3) is 0.636. The van der Waals surface area contributed by atoms with Gasteiger partial charge in [-0.25, -0.2) is 0 Å². The van der Waals surface area contributed by atoms with Gasteiger partial charge in [-0.15, -0.1) is 0 Å². The van der Waals surface area contributed by atoms with E-state index in [0.29, 0.717) is 5.92 Å². The van der Waals surface area contributed by atoms with Crippen molar-refractivity contribution >= 4 is 11.8 Å². The maximum Gasteiger partial charge on any atom is 0.133 e. The molecule has 1 heterocycles. The van der Waals surface area contributed by atoms with Crippen molar-refractivity contribution in [3.05, 3.63) is 17.0 Å². The van der Waals surface area contributed by atoms with E-state index in [2.05, 4.69) is 31.3 Å². The molecular weight excluding hydrogens is 206 g/mol. The van der Waals surface area contributed by atoms with Gasteiger partial charge < -0.3 is 0 Å². The number of thiocyanates is 1. The van der Waals surface area contributed by atoms with Crippen LogP contribution in [-0.4, -0.2) is 15.5 Å². The second-order valence-electron chi connectivity index (χ2n) is 3.84. The average Bonchev–Trinajstić information content (AvgIpc) is 2.41. The minimum Gasteiger partial charge on any atom is -0.272 e. The molecule has 1 atom stereocenters. The van der Waals surface area contributed by atoms with Gasteiger partial charge in [0.05, 0.1) is 5.69 Å². The van der Waals surface area contributed by atoms with E-state index in [-0.39, 0.29) is 0 Å². The fourth-order valence-electron chi connectivity index (χ4n) is 1.93. The van der Waals surface area contributed by atoms with E-state index in [4.69, 9.17) is 5.26 Å². The Morgan fingerprint density at radius 3 is 2.67 bits per heavy atom. The van der Waals surface area contributed by atoms with Gasteiger partial charge in [0, 0.05) is 18.5 Å². The first-order valence-corrected chi connectivity index (χ1v) is 6.07. The maximum absolute atomic E-state index is 8.46. The van der Waals surface area contributed by atoms with E-state index in [9.17, 15) is 0 Å². The molecule has 0 fully saturated rings. The van der Waals surface area contributed by atoms with Gasteiger partial charge in [-0.3, -0.25) is 4.68 Å². The molecule has 0 aliphatic carbocycles. The van der Waals surface area contributed by atoms with Crippen molar-refractivity contribution in [1.29, 1.82) is 5.26 Å². The predicted octanol–water partition coefficient (Wildman–Crippen LogP) is 2.74. The van der Waals surface area contributed by atoms with Gasteiger partial charge in [0.25, 0.3) is 0 Å². The molecule has 0 saturated carbocycles. The molecule has 4 heteroatoms. The first-order chi connectivity index (χ1) is 7.07. The molecule has 0 aliphatic rings. The van der Waals surface area contributed by atoms with Crippen LogP contribution in [0.15, 0.2) is 0 Å². The van der Waals surface area contributed by atoms with E-state index in [1.807, 2.05) is 11.7 Å². The summed E-state index contributed by atoms with van der Waals surface area (Å²) >= 11 is 1.33. The van der Waals surface area contributed by atoms with Gasteiger partial charge >= 0.3 is 0 Å². The van der Waals surface area contributed by atoms with E-state index in [1.54, 1.807) is 0 Å². The SMILES string of the molecule is Cc1nn(C)c(C)c1C(C)CCSC#N. The van der Waals surface area contributed by atoms with E-state index < -0.39 is 0 Å². The van der Waals surface area contributed by atoms with Gasteiger partial charge in [-0.2, -0.15) is 10.4 Å². The summed E-state index contributed by atoms with van der Waals surface area (Å²) in [6, 6.07) is 0. The van der Waals surface area contributed by atoms with E-state index >= 15 is 0 Å². The molecule has 1 unspecified atom stereocenters. The Morgan fingerprint density at radius 1 is 1.53 bits per heavy atom. The van der Waals surface area contributed by atoms with Gasteiger partial charge in [-0.1, -0.05) is 6.92 Å². The summed E-state index contributed by atoms with van der Waals surface area (Å²) in [5.41, 5.74) is 3.70. The quantitative estimate of drug-likeness (QED) is 0.582. The molecule has 82 valence electrons. The molecule has 3 nitrogen and oxygen atoms in total. The second-order valence-corrected chi connectivity index (χ2v) is 4.72. The lowest BCUT2D eigenvalue weighted by Gasteiger charge is -2.10. The number of hydrogen-bond donors (Lipinski definition) is 0. The summed E-state index contributed by atoms with van der Waals surface area (Å²) in [4.78, 5) is 0. The highest BCUT2D eigenvalue weighted by Crippen LogP contribution is 2.26. The Morgan fingerprint density at radius 2 is 2.20 bits per heavy atom. The number of nitriles is 1. The van der Waals surface area contributed by atoms with Crippen LogP contribution in [-0.2, 0) is 7.05 Å². The maximum atomic E-state index is 8.46. The summed E-state index contributed by atoms with van der Waals surface area (Å²) in [5.74, 6) is 1.38. The summed E-state index contributed by atoms with van der Waals surface area (Å²) < 4.78 is 1.93. The van der Waals surface area contributed by atoms with Gasteiger partial charge in [0.1, 0.15) is 5.40 Å². The zero-order chi connectivity index (χ0) is 11.4. The number of aromatic nitrogens is 2. The van der Waals surface area contributed by atoms with Crippen LogP contribution in [0.2, 0.25) is 0 Å². The Kier molecular flexibility index (Phi) is 4.22. The van der Waals surface area contributed by atoms with E-state index in [1.165, 1.54) is 23.0 Å². The monoisotopic (exact) mass is 223 g/mol. The number of nitrogens with zero attached hydrogens (tertiary/aromatic N) is 3. The highest BCUT2D eigenvalue weighted by Gasteiger charge is 2.15. The lowest BCUT2D eigenvalue weighted by Crippen LogP contribution is -1.99. The molecule has 1 aromatic heterocycles. The lowest BCUT2D eigenvalue weighted by molar-refractivity contribution is 0.712. The highest BCUT2D eigenvalue weighted by molar-refractivity contribution is 8.03. The van der Waals surface area contributed by atoms with Crippen LogP contribution in [0.4, 0.5) is 0 Å². The molecule has 15 heavy (non-hydrogen) atoms. The zero-order valence-corrected chi connectivity index (χ0v) is 10.6. The van der Waals surface area contributed by atoms with Crippen LogP contribution in [0.3, 0.4) is 0 Å². The molecule has 0 spiro atoms. The third kappa shape index (κ3) is 2.75. The van der Waals surface area contributed by atoms with Crippen LogP contribution in [0.1, 0.15) is 36.2 Å². The Hall–Kier alpha value is -0.950. The van der Waals surface area contributed by atoms with Crippen molar-refractivity contribution in [1.82, 2.24) is 9.78 Å². The molecule has 0 bridgehead atoms. The highest BCUT2D eigenvalue weighted by atomic mass is 32.2. The molecule has 1 rings (SSSR count). The van der Waals surface area contributed by atoms with Gasteiger partial charge in [0.15, 0.2) is 0 Å². The third-order valence-electron chi connectivity index (χ3n) is 2.78. The van der Waals surface area contributed by atoms with Crippen LogP contribution in [0.5, 0.6) is 0 Å². The topological polar surface area (TPSA) is 41.6 Å². The fourth-order valence-corrected chi connectivity index (χ4v) is 2.49. The van der Waals surface area contributed by atoms with Crippen molar-refractivity contribution in [2.75, 3.05) is 5.75 Å². The smallest absolute Gasteiger partial charge is 0.133 e. The number of rotatable bonds is 4. The number of thioether (sulfide) groups is 1. The summed E-state index contributed by atoms with van der Waals surface area (Å²) in [6.07, 6.45) is 1.03. The Labute approximate surface area is 95.5 Å². The van der Waals surface area contributed by atoms with Crippen molar-refractivity contribution in [2.24, 2.45) is 7.05 Å². The van der Waals surface area contributed by atoms with Crippen molar-refractivity contribution in [2.45, 2.75) is 33.1 Å². The predicted molar refractivity (Wildman–Crippen MR) is 63.8 cm³/mol. The molecule has 0 radical (unpaired) electrons. The van der Waals surface area contributed by atoms with Crippen LogP contribution >= 0.6 is 11.8 Å². The lowest BCUT2D eigenvalue weighted by atomic mass is 9.97. The average molecular weight is 223 g/mol. The summed E-state index contributed by atoms with van der Waals surface area (Å²) in [7, 11) is 1.97. The minimum absolute atomic E-state index is 0.486. The second kappa shape index (κ2) is 5.22. The molecule has 0 N–H and O–H groups in total. The molecule has 0 aromatic carbocycles. The normalized spacial score (nSPS) is 12.5. The van der Waals surface area contributed by atoms with Crippen molar-refractivity contribution in [3.63, 3.8) is 0 Å². The first kappa shape index (κ1) is 12.1. The molecule has 0 amide bonds. The first-order valence-electron chi connectivity index (χ1n) is 5.09. The summed E-state index contributed by atoms with van der Waals surface area (Å²) in [5, 5.41) is 15.0. The largest absolute Gasteiger partial charge is 0.272 e. The van der Waals surface area contributed by atoms with Crippen molar-refractivity contribution in [3.8, 4) is 5.40 Å². The van der Waals surface area contributed by atoms with Crippen molar-refractivity contribution < 1.29 is 0 Å². The zero-order valence-electron chi connectivity index (χ0n) is 9.74. The van der Waals surface area contributed by atoms with Crippen LogP contribution in [0.25, 0.3) is 0 Å². The third-order valence-corrected chi connectivity index (χ3v) is 3.34. The molecule has 1 aromatic rings. The standard InChI is InChI=1S/C11H17N3S/c1-8(5-6-15-7-12)11-9(2)13-14(4)10(11)3/h8H,5-6H2,1-4H3. The van der Waals surface area contributed by atoms with E-state index in [0.717, 1.165) is 17.9 Å². The molecule has 0 saturated heterocycles. The Balaban J connectivity index is 2.73.